The fourth-order valence-corrected chi connectivity index (χ4v) is 8.81. The van der Waals surface area contributed by atoms with Gasteiger partial charge in [0.1, 0.15) is 6.10 Å². The van der Waals surface area contributed by atoms with Gasteiger partial charge >= 0.3 is 5.97 Å². The summed E-state index contributed by atoms with van der Waals surface area (Å²) in [4.78, 5) is 26.3. The van der Waals surface area contributed by atoms with Crippen LogP contribution < -0.4 is 5.32 Å². The molecule has 65 heavy (non-hydrogen) atoms. The van der Waals surface area contributed by atoms with E-state index in [4.69, 9.17) is 4.74 Å². The molecule has 0 radical (unpaired) electrons. The number of ether oxygens (including phenoxy) is 1. The van der Waals surface area contributed by atoms with Crippen LogP contribution in [0.2, 0.25) is 0 Å². The highest BCUT2D eigenvalue weighted by atomic mass is 16.5. The van der Waals surface area contributed by atoms with Gasteiger partial charge in [-0.3, -0.25) is 9.59 Å². The smallest absolute Gasteiger partial charge is 0.306 e. The Morgan fingerprint density at radius 2 is 0.785 bits per heavy atom. The van der Waals surface area contributed by atoms with Gasteiger partial charge in [0, 0.05) is 6.42 Å². The van der Waals surface area contributed by atoms with E-state index in [2.05, 4.69) is 62.5 Å². The Kier molecular flexibility index (Phi) is 51.5. The van der Waals surface area contributed by atoms with Gasteiger partial charge in [-0.05, 0) is 83.5 Å². The summed E-state index contributed by atoms with van der Waals surface area (Å²) in [7, 11) is 0. The number of carbonyl (C=O) groups excluding carboxylic acids is 2. The Morgan fingerprint density at radius 3 is 1.23 bits per heavy atom. The predicted octanol–water partition coefficient (Wildman–Crippen LogP) is 17.6. The molecule has 6 nitrogen and oxygen atoms in total. The number of hydrogen-bond donors (Lipinski definition) is 3. The Hall–Kier alpha value is -1.92. The average molecular weight is 915 g/mol. The molecule has 3 unspecified atom stereocenters. The van der Waals surface area contributed by atoms with E-state index < -0.39 is 18.2 Å². The monoisotopic (exact) mass is 914 g/mol. The minimum Gasteiger partial charge on any atom is -0.462 e. The van der Waals surface area contributed by atoms with E-state index in [0.29, 0.717) is 19.3 Å². The quantitative estimate of drug-likeness (QED) is 0.0321. The molecule has 382 valence electrons. The minimum atomic E-state index is -0.789. The number of carbonyl (C=O) groups is 2. The highest BCUT2D eigenvalue weighted by Crippen LogP contribution is 2.18. The lowest BCUT2D eigenvalue weighted by atomic mass is 10.0. The van der Waals surface area contributed by atoms with Crippen LogP contribution in [0.3, 0.4) is 0 Å². The van der Waals surface area contributed by atoms with E-state index >= 15 is 0 Å². The first kappa shape index (κ1) is 63.1. The third kappa shape index (κ3) is 48.3. The molecule has 0 bridgehead atoms. The number of amides is 1. The summed E-state index contributed by atoms with van der Waals surface area (Å²) in [5, 5.41) is 23.9. The number of aliphatic hydroxyl groups is 2. The molecule has 0 fully saturated rings. The summed E-state index contributed by atoms with van der Waals surface area (Å²) in [6, 6.07) is -0.703. The van der Waals surface area contributed by atoms with Crippen LogP contribution in [-0.2, 0) is 14.3 Å². The molecule has 0 spiro atoms. The molecule has 0 saturated carbocycles. The van der Waals surface area contributed by atoms with Gasteiger partial charge in [0.25, 0.3) is 0 Å². The molecule has 0 heterocycles. The van der Waals surface area contributed by atoms with E-state index in [0.717, 1.165) is 64.2 Å². The number of unbranched alkanes of at least 4 members (excludes halogenated alkanes) is 34. The number of nitrogens with one attached hydrogen (secondary N) is 1. The molecule has 6 heteroatoms. The second-order valence-electron chi connectivity index (χ2n) is 19.7. The van der Waals surface area contributed by atoms with Crippen molar-refractivity contribution in [2.75, 3.05) is 6.61 Å². The van der Waals surface area contributed by atoms with Gasteiger partial charge in [-0.25, -0.2) is 0 Å². The van der Waals surface area contributed by atoms with Crippen molar-refractivity contribution in [1.29, 1.82) is 0 Å². The zero-order valence-electron chi connectivity index (χ0n) is 43.6. The minimum absolute atomic E-state index is 0.0734. The van der Waals surface area contributed by atoms with Gasteiger partial charge in [-0.1, -0.05) is 243 Å². The third-order valence-electron chi connectivity index (χ3n) is 13.2. The zero-order chi connectivity index (χ0) is 47.4. The zero-order valence-corrected chi connectivity index (χ0v) is 43.6. The van der Waals surface area contributed by atoms with Gasteiger partial charge in [0.15, 0.2) is 0 Å². The predicted molar refractivity (Wildman–Crippen MR) is 282 cm³/mol. The molecule has 3 N–H and O–H groups in total. The number of rotatable bonds is 52. The topological polar surface area (TPSA) is 95.9 Å². The maximum Gasteiger partial charge on any atom is 0.306 e. The van der Waals surface area contributed by atoms with E-state index in [9.17, 15) is 19.8 Å². The lowest BCUT2D eigenvalue weighted by Gasteiger charge is -2.24. The van der Waals surface area contributed by atoms with Crippen molar-refractivity contribution < 1.29 is 24.5 Å². The van der Waals surface area contributed by atoms with Crippen LogP contribution in [0.4, 0.5) is 0 Å². The summed E-state index contributed by atoms with van der Waals surface area (Å²) in [5.74, 6) is -0.473. The summed E-state index contributed by atoms with van der Waals surface area (Å²) in [6.07, 6.45) is 63.4. The number of esters is 1. The fourth-order valence-electron chi connectivity index (χ4n) is 8.81. The van der Waals surface area contributed by atoms with E-state index in [1.54, 1.807) is 0 Å². The van der Waals surface area contributed by atoms with Gasteiger partial charge in [-0.15, -0.1) is 0 Å². The van der Waals surface area contributed by atoms with Gasteiger partial charge in [0.2, 0.25) is 5.91 Å². The van der Waals surface area contributed by atoms with Crippen molar-refractivity contribution in [3.05, 3.63) is 36.5 Å². The van der Waals surface area contributed by atoms with Crippen LogP contribution in [0.1, 0.15) is 303 Å². The van der Waals surface area contributed by atoms with Crippen molar-refractivity contribution >= 4 is 11.9 Å². The van der Waals surface area contributed by atoms with Crippen LogP contribution in [0.15, 0.2) is 36.5 Å². The Morgan fingerprint density at radius 1 is 0.446 bits per heavy atom. The molecule has 0 aliphatic rings. The molecular weight excluding hydrogens is 803 g/mol. The lowest BCUT2D eigenvalue weighted by Crippen LogP contribution is -2.46. The Bertz CT molecular complexity index is 1070. The molecule has 1 amide bonds. The highest BCUT2D eigenvalue weighted by molar-refractivity contribution is 5.77. The number of aliphatic hydroxyl groups excluding tert-OH is 2. The summed E-state index contributed by atoms with van der Waals surface area (Å²) in [6.45, 7) is 6.47. The maximum absolute atomic E-state index is 13.3. The van der Waals surface area contributed by atoms with Gasteiger partial charge in [-0.2, -0.15) is 0 Å². The standard InChI is InChI=1S/C59H111NO5/c1-4-7-10-13-16-19-22-25-28-29-31-32-35-38-41-44-47-50-55(65-59(64)52-49-46-43-40-37-34-30-26-23-20-17-14-11-8-5-2)53-58(63)60-56(54-61)57(62)51-48-45-42-39-36-33-27-24-21-18-15-12-9-6-3/h16,19-20,23,25,28,55-57,61-62H,4-15,17-18,21-22,24,26-27,29-54H2,1-3H3,(H,60,63)/b19-16-,23-20-,28-25-. The first-order valence-corrected chi connectivity index (χ1v) is 28.7. The molecule has 0 aromatic heterocycles. The summed E-state index contributed by atoms with van der Waals surface area (Å²) < 4.78 is 5.96. The molecule has 0 aromatic rings. The maximum atomic E-state index is 13.3. The van der Waals surface area contributed by atoms with Crippen LogP contribution in [0.5, 0.6) is 0 Å². The molecule has 0 aliphatic carbocycles. The van der Waals surface area contributed by atoms with Crippen molar-refractivity contribution in [2.45, 2.75) is 322 Å². The Labute approximate surface area is 404 Å². The van der Waals surface area contributed by atoms with E-state index in [-0.39, 0.29) is 24.9 Å². The second-order valence-corrected chi connectivity index (χ2v) is 19.7. The van der Waals surface area contributed by atoms with Crippen molar-refractivity contribution in [3.8, 4) is 0 Å². The van der Waals surface area contributed by atoms with Crippen molar-refractivity contribution in [2.24, 2.45) is 0 Å². The Balaban J connectivity index is 4.57. The van der Waals surface area contributed by atoms with E-state index in [1.165, 1.54) is 193 Å². The van der Waals surface area contributed by atoms with Gasteiger partial charge in [0.05, 0.1) is 25.2 Å². The first-order chi connectivity index (χ1) is 32.0. The number of hydrogen-bond acceptors (Lipinski definition) is 5. The average Bonchev–Trinajstić information content (AvgIpc) is 3.30. The summed E-state index contributed by atoms with van der Waals surface area (Å²) >= 11 is 0. The molecule has 0 rings (SSSR count). The SMILES string of the molecule is CCCCC/C=C\C/C=C\CCCCCCCCCC(CC(=O)NC(CO)C(O)CCCCCCCCCCCCCCCC)OC(=O)CCCCCCCCC/C=C\CCCCCC. The molecule has 0 saturated heterocycles. The third-order valence-corrected chi connectivity index (χ3v) is 13.2. The summed E-state index contributed by atoms with van der Waals surface area (Å²) in [5.41, 5.74) is 0. The van der Waals surface area contributed by atoms with Crippen LogP contribution in [-0.4, -0.2) is 46.9 Å². The van der Waals surface area contributed by atoms with Gasteiger partial charge < -0.3 is 20.3 Å². The largest absolute Gasteiger partial charge is 0.462 e. The van der Waals surface area contributed by atoms with Crippen LogP contribution in [0.25, 0.3) is 0 Å². The van der Waals surface area contributed by atoms with E-state index in [1.807, 2.05) is 0 Å². The molecule has 0 aliphatic heterocycles. The lowest BCUT2D eigenvalue weighted by molar-refractivity contribution is -0.151. The van der Waals surface area contributed by atoms with Crippen LogP contribution >= 0.6 is 0 Å². The molecular formula is C59H111NO5. The fraction of sp³-hybridized carbons (Fsp3) is 0.864. The molecule has 0 aromatic carbocycles. The van der Waals surface area contributed by atoms with Crippen molar-refractivity contribution in [3.63, 3.8) is 0 Å². The normalized spacial score (nSPS) is 13.4. The van der Waals surface area contributed by atoms with Crippen molar-refractivity contribution in [1.82, 2.24) is 5.32 Å². The first-order valence-electron chi connectivity index (χ1n) is 28.7. The highest BCUT2D eigenvalue weighted by Gasteiger charge is 2.24. The molecule has 3 atom stereocenters. The number of allylic oxidation sites excluding steroid dienone is 6. The second kappa shape index (κ2) is 53.0. The van der Waals surface area contributed by atoms with Crippen LogP contribution in [0, 0.1) is 0 Å².